The predicted octanol–water partition coefficient (Wildman–Crippen LogP) is -1.70. The third-order valence-corrected chi connectivity index (χ3v) is 3.72. The maximum atomic E-state index is 12.1. The summed E-state index contributed by atoms with van der Waals surface area (Å²) in [6, 6.07) is 7.57. The zero-order chi connectivity index (χ0) is 18.4. The van der Waals surface area contributed by atoms with E-state index < -0.39 is 49.1 Å². The van der Waals surface area contributed by atoms with Gasteiger partial charge in [-0.25, -0.2) is 4.79 Å². The Kier molecular flexibility index (Phi) is 6.85. The second-order valence-corrected chi connectivity index (χ2v) is 5.48. The number of esters is 1. The lowest BCUT2D eigenvalue weighted by atomic mass is 10.1. The van der Waals surface area contributed by atoms with Crippen molar-refractivity contribution < 1.29 is 39.1 Å². The number of aliphatic hydroxyl groups excluding tert-OH is 3. The van der Waals surface area contributed by atoms with Gasteiger partial charge >= 0.3 is 5.97 Å². The first-order valence-corrected chi connectivity index (χ1v) is 7.64. The highest BCUT2D eigenvalue weighted by atomic mass is 16.7. The molecule has 1 heterocycles. The summed E-state index contributed by atoms with van der Waals surface area (Å²) < 4.78 is 14.9. The normalized spacial score (nSPS) is 26.9. The Morgan fingerprint density at radius 3 is 2.48 bits per heavy atom. The number of ether oxygens (including phenoxy) is 3. The van der Waals surface area contributed by atoms with Crippen molar-refractivity contribution in [2.45, 2.75) is 37.3 Å². The number of aliphatic hydroxyl groups is 3. The maximum Gasteiger partial charge on any atom is 0.331 e. The van der Waals surface area contributed by atoms with Crippen LogP contribution >= 0.6 is 0 Å². The van der Waals surface area contributed by atoms with E-state index in [1.54, 1.807) is 24.3 Å². The largest absolute Gasteiger partial charge is 0.459 e. The number of methoxy groups -OCH3 is 1. The molecule has 1 aromatic rings. The van der Waals surface area contributed by atoms with Crippen molar-refractivity contribution in [3.8, 4) is 0 Å². The van der Waals surface area contributed by atoms with Crippen LogP contribution < -0.4 is 5.32 Å². The maximum absolute atomic E-state index is 12.1. The summed E-state index contributed by atoms with van der Waals surface area (Å²) in [5.74, 6) is -1.71. The van der Waals surface area contributed by atoms with Crippen LogP contribution in [0.25, 0.3) is 0 Å². The van der Waals surface area contributed by atoms with Gasteiger partial charge in [-0.15, -0.1) is 0 Å². The van der Waals surface area contributed by atoms with Gasteiger partial charge in [-0.2, -0.15) is 0 Å². The average Bonchev–Trinajstić information content (AvgIpc) is 2.93. The first-order valence-electron chi connectivity index (χ1n) is 7.64. The number of hydrogen-bond donors (Lipinski definition) is 4. The van der Waals surface area contributed by atoms with Crippen LogP contribution in [0.5, 0.6) is 0 Å². The Bertz CT molecular complexity index is 581. The molecule has 0 radical (unpaired) electrons. The smallest absolute Gasteiger partial charge is 0.331 e. The van der Waals surface area contributed by atoms with Crippen molar-refractivity contribution >= 4 is 11.9 Å². The molecule has 9 nitrogen and oxygen atoms in total. The Labute approximate surface area is 144 Å². The van der Waals surface area contributed by atoms with Crippen LogP contribution in [0, 0.1) is 0 Å². The number of carbonyl (C=O) groups excluding carboxylic acids is 2. The molecule has 1 aliphatic heterocycles. The van der Waals surface area contributed by atoms with E-state index >= 15 is 0 Å². The van der Waals surface area contributed by atoms with Crippen LogP contribution in [-0.4, -0.2) is 71.6 Å². The monoisotopic (exact) mass is 355 g/mol. The third-order valence-electron chi connectivity index (χ3n) is 3.72. The number of nitrogens with one attached hydrogen (secondary N) is 1. The highest BCUT2D eigenvalue weighted by molar-refractivity contribution is 5.87. The molecule has 1 amide bonds. The molecule has 1 aliphatic rings. The second-order valence-electron chi connectivity index (χ2n) is 5.48. The quantitative estimate of drug-likeness (QED) is 0.425. The molecule has 0 spiro atoms. The summed E-state index contributed by atoms with van der Waals surface area (Å²) in [4.78, 5) is 24.1. The van der Waals surface area contributed by atoms with E-state index in [0.29, 0.717) is 0 Å². The molecule has 4 N–H and O–H groups in total. The van der Waals surface area contributed by atoms with Gasteiger partial charge in [0, 0.05) is 7.11 Å². The van der Waals surface area contributed by atoms with Gasteiger partial charge in [0.25, 0.3) is 5.91 Å². The van der Waals surface area contributed by atoms with Crippen molar-refractivity contribution in [3.63, 3.8) is 0 Å². The van der Waals surface area contributed by atoms with Gasteiger partial charge in [0.2, 0.25) is 0 Å². The Morgan fingerprint density at radius 2 is 1.92 bits per heavy atom. The molecule has 138 valence electrons. The van der Waals surface area contributed by atoms with Crippen molar-refractivity contribution in [3.05, 3.63) is 35.9 Å². The minimum Gasteiger partial charge on any atom is -0.459 e. The lowest BCUT2D eigenvalue weighted by Crippen LogP contribution is -2.51. The number of hydrogen-bond acceptors (Lipinski definition) is 8. The molecule has 1 saturated heterocycles. The van der Waals surface area contributed by atoms with E-state index in [9.17, 15) is 24.9 Å². The molecule has 1 fully saturated rings. The van der Waals surface area contributed by atoms with E-state index in [0.717, 1.165) is 5.56 Å². The van der Waals surface area contributed by atoms with E-state index in [1.165, 1.54) is 7.11 Å². The Balaban J connectivity index is 1.90. The number of benzene rings is 1. The van der Waals surface area contributed by atoms with E-state index in [2.05, 4.69) is 5.32 Å². The van der Waals surface area contributed by atoms with Gasteiger partial charge < -0.3 is 34.8 Å². The van der Waals surface area contributed by atoms with Crippen LogP contribution in [0.2, 0.25) is 0 Å². The lowest BCUT2D eigenvalue weighted by Gasteiger charge is -2.19. The predicted molar refractivity (Wildman–Crippen MR) is 82.9 cm³/mol. The van der Waals surface area contributed by atoms with Gasteiger partial charge in [-0.3, -0.25) is 4.79 Å². The summed E-state index contributed by atoms with van der Waals surface area (Å²) in [7, 11) is 1.25. The van der Waals surface area contributed by atoms with Crippen molar-refractivity contribution in [1.29, 1.82) is 0 Å². The topological polar surface area (TPSA) is 135 Å². The lowest BCUT2D eigenvalue weighted by molar-refractivity contribution is -0.163. The highest BCUT2D eigenvalue weighted by Crippen LogP contribution is 2.22. The van der Waals surface area contributed by atoms with Crippen LogP contribution in [0.4, 0.5) is 0 Å². The SMILES string of the molecule is CO[C@@H]1O[C@H](C(=O)N[C@@H](CO)C(=O)OCc2ccccc2)[C@@H](O)[C@H]1O. The van der Waals surface area contributed by atoms with Crippen LogP contribution in [-0.2, 0) is 30.4 Å². The van der Waals surface area contributed by atoms with Crippen molar-refractivity contribution in [1.82, 2.24) is 5.32 Å². The second kappa shape index (κ2) is 8.88. The highest BCUT2D eigenvalue weighted by Gasteiger charge is 2.47. The van der Waals surface area contributed by atoms with Gasteiger partial charge in [-0.05, 0) is 5.56 Å². The summed E-state index contributed by atoms with van der Waals surface area (Å²) in [5, 5.41) is 31.0. The molecular formula is C16H21NO8. The van der Waals surface area contributed by atoms with Crippen LogP contribution in [0.3, 0.4) is 0 Å². The molecule has 0 saturated carbocycles. The molecule has 5 atom stereocenters. The van der Waals surface area contributed by atoms with Gasteiger partial charge in [0.05, 0.1) is 6.61 Å². The average molecular weight is 355 g/mol. The summed E-state index contributed by atoms with van der Waals surface area (Å²) in [5.41, 5.74) is 0.750. The Hall–Kier alpha value is -2.04. The fourth-order valence-corrected chi connectivity index (χ4v) is 2.32. The van der Waals surface area contributed by atoms with Crippen molar-refractivity contribution in [2.24, 2.45) is 0 Å². The minimum absolute atomic E-state index is 0.0148. The molecule has 1 aromatic carbocycles. The van der Waals surface area contributed by atoms with E-state index in [1.807, 2.05) is 6.07 Å². The number of carbonyl (C=O) groups is 2. The zero-order valence-electron chi connectivity index (χ0n) is 13.6. The zero-order valence-corrected chi connectivity index (χ0v) is 13.6. The standard InChI is InChI=1S/C16H21NO8/c1-23-16-12(20)11(19)13(25-16)14(21)17-10(7-18)15(22)24-8-9-5-3-2-4-6-9/h2-6,10-13,16,18-20H,7-8H2,1H3,(H,17,21)/t10-,11-,12+,13-,16+/m0/s1. The van der Waals surface area contributed by atoms with Crippen LogP contribution in [0.15, 0.2) is 30.3 Å². The molecule has 2 rings (SSSR count). The minimum atomic E-state index is -1.52. The fourth-order valence-electron chi connectivity index (χ4n) is 2.32. The summed E-state index contributed by atoms with van der Waals surface area (Å²) in [6.07, 6.45) is -5.53. The van der Waals surface area contributed by atoms with Gasteiger partial charge in [-0.1, -0.05) is 30.3 Å². The molecular weight excluding hydrogens is 334 g/mol. The molecule has 0 aliphatic carbocycles. The molecule has 0 unspecified atom stereocenters. The first-order chi connectivity index (χ1) is 12.0. The van der Waals surface area contributed by atoms with Gasteiger partial charge in [0.15, 0.2) is 18.4 Å². The van der Waals surface area contributed by atoms with Crippen LogP contribution in [0.1, 0.15) is 5.56 Å². The van der Waals surface area contributed by atoms with E-state index in [-0.39, 0.29) is 6.61 Å². The van der Waals surface area contributed by atoms with E-state index in [4.69, 9.17) is 14.2 Å². The summed E-state index contributed by atoms with van der Waals surface area (Å²) in [6.45, 7) is -0.711. The first kappa shape index (κ1) is 19.3. The van der Waals surface area contributed by atoms with Gasteiger partial charge in [0.1, 0.15) is 18.8 Å². The third kappa shape index (κ3) is 4.74. The fraction of sp³-hybridized carbons (Fsp3) is 0.500. The molecule has 25 heavy (non-hydrogen) atoms. The molecule has 9 heteroatoms. The summed E-state index contributed by atoms with van der Waals surface area (Å²) >= 11 is 0. The Morgan fingerprint density at radius 1 is 1.24 bits per heavy atom. The number of rotatable bonds is 7. The van der Waals surface area contributed by atoms with Crippen molar-refractivity contribution in [2.75, 3.05) is 13.7 Å². The number of amides is 1. The molecule has 0 bridgehead atoms. The molecule has 0 aromatic heterocycles.